The van der Waals surface area contributed by atoms with Gasteiger partial charge in [0.25, 0.3) is 0 Å². The first kappa shape index (κ1) is 73.7. The fourth-order valence-electron chi connectivity index (χ4n) is 8.59. The minimum Gasteiger partial charge on any atom is -0.468 e. The molecule has 0 spiro atoms. The van der Waals surface area contributed by atoms with Gasteiger partial charge in [0.2, 0.25) is 0 Å². The summed E-state index contributed by atoms with van der Waals surface area (Å²) in [7, 11) is 1.79. The highest BCUT2D eigenvalue weighted by Gasteiger charge is 2.48. The van der Waals surface area contributed by atoms with Gasteiger partial charge in [-0.1, -0.05) is 76.2 Å². The van der Waals surface area contributed by atoms with Crippen LogP contribution >= 0.6 is 0 Å². The first-order valence-corrected chi connectivity index (χ1v) is 28.8. The standard InChI is InChI=1S/C30H25NO6.C22H13F3O7S.C9H13NO2.2C2H6.2CO2/c1-31(19-8-12-22(13-9-19)36-18-34-2)20-10-14-25-27(16-20)37-28-17-21(32)11-15-26(28)29(25)23-6-4-5-7-24(23)30(33)35-3;1-30-21(27)15-5-3-2-4-14(15)20-16-8-6-12(26)10-18(16)31-19-11-13(7-9-17(19)20)32-33(28,29)22(23,24)25;1-11-7-12-9-4-2-8(6-10)3-5-9;2*1-2;2*2-1-3/h4-17H,18H2,1-3H3;2-11H,1H3;2-5H,6-7,10H2,1H3;2*1-2H3;;. The largest absolute Gasteiger partial charge is 0.534 e. The third-order valence-corrected chi connectivity index (χ3v) is 13.5. The Bertz CT molecular complexity index is 4280. The second-order valence-corrected chi connectivity index (χ2v) is 19.4. The molecule has 2 aliphatic heterocycles. The Morgan fingerprint density at radius 3 is 1.33 bits per heavy atom. The summed E-state index contributed by atoms with van der Waals surface area (Å²) in [6.45, 7) is 9.02. The molecule has 0 saturated heterocycles. The molecule has 482 valence electrons. The number of methoxy groups -OCH3 is 4. The number of carbonyl (C=O) groups excluding carboxylic acids is 6. The van der Waals surface area contributed by atoms with Gasteiger partial charge in [-0.25, -0.2) is 9.59 Å². The molecule has 0 saturated carbocycles. The van der Waals surface area contributed by atoms with E-state index in [1.165, 1.54) is 56.7 Å². The predicted octanol–water partition coefficient (Wildman–Crippen LogP) is 12.7. The highest BCUT2D eigenvalue weighted by molar-refractivity contribution is 7.88. The number of rotatable bonds is 15. The van der Waals surface area contributed by atoms with E-state index in [1.807, 2.05) is 119 Å². The minimum atomic E-state index is -5.91. The van der Waals surface area contributed by atoms with E-state index in [9.17, 15) is 40.8 Å². The summed E-state index contributed by atoms with van der Waals surface area (Å²) in [5, 5.41) is 1.14. The Labute approximate surface area is 526 Å². The molecule has 0 atom stereocenters. The Kier molecular flexibility index (Phi) is 28.9. The lowest BCUT2D eigenvalue weighted by atomic mass is 9.90. The molecule has 6 aromatic carbocycles. The zero-order chi connectivity index (χ0) is 68.1. The lowest BCUT2D eigenvalue weighted by Crippen LogP contribution is -2.28. The molecular weight excluding hydrogens is 1230 g/mol. The van der Waals surface area contributed by atoms with Crippen LogP contribution in [0.25, 0.3) is 66.8 Å². The second kappa shape index (κ2) is 36.0. The quantitative estimate of drug-likeness (QED) is 0.0328. The maximum atomic E-state index is 12.7. The molecule has 21 nitrogen and oxygen atoms in total. The van der Waals surface area contributed by atoms with E-state index in [-0.39, 0.29) is 48.2 Å². The summed E-state index contributed by atoms with van der Waals surface area (Å²) in [6.07, 6.45) is 0.500. The number of carbonyl (C=O) groups is 2. The SMILES string of the molecule is CC.CC.COC(=O)c1ccccc1-c1c2ccc(=O)cc-2oc2cc(OS(=O)(=O)C(F)(F)F)ccc12.COCOc1ccc(CN)cc1.COCOc1ccc(N(C)c2ccc3c(-c4ccccc4C(=O)OC)c4ccc(=O)cc-4oc3c2)cc1.O=C=O.O=C=O. The van der Waals surface area contributed by atoms with E-state index >= 15 is 0 Å². The number of ether oxygens (including phenoxy) is 6. The Morgan fingerprint density at radius 2 is 0.913 bits per heavy atom. The summed E-state index contributed by atoms with van der Waals surface area (Å²) < 4.78 is 107. The first-order valence-electron chi connectivity index (χ1n) is 27.4. The number of alkyl halides is 3. The summed E-state index contributed by atoms with van der Waals surface area (Å²) in [5.41, 5.74) is 6.82. The van der Waals surface area contributed by atoms with Gasteiger partial charge in [0.1, 0.15) is 39.9 Å². The Balaban J connectivity index is 0.000000299. The van der Waals surface area contributed by atoms with Gasteiger partial charge in [0.15, 0.2) is 24.4 Å². The number of benzene rings is 8. The van der Waals surface area contributed by atoms with Gasteiger partial charge in [-0.05, 0) is 114 Å². The van der Waals surface area contributed by atoms with Crippen molar-refractivity contribution >= 4 is 67.7 Å². The Hall–Kier alpha value is -10.8. The Morgan fingerprint density at radius 1 is 0.522 bits per heavy atom. The number of anilines is 2. The van der Waals surface area contributed by atoms with Crippen molar-refractivity contribution in [2.45, 2.75) is 39.7 Å². The van der Waals surface area contributed by atoms with Crippen LogP contribution in [0.4, 0.5) is 24.5 Å². The van der Waals surface area contributed by atoms with Crippen molar-refractivity contribution in [2.24, 2.45) is 5.73 Å². The molecule has 10 rings (SSSR count). The third-order valence-electron chi connectivity index (χ3n) is 12.5. The second-order valence-electron chi connectivity index (χ2n) is 17.8. The molecule has 4 aliphatic rings. The molecule has 0 bridgehead atoms. The van der Waals surface area contributed by atoms with Crippen LogP contribution < -0.4 is 35.1 Å². The van der Waals surface area contributed by atoms with Crippen molar-refractivity contribution < 1.29 is 91.8 Å². The summed E-state index contributed by atoms with van der Waals surface area (Å²) in [5.74, 6) is 0.301. The molecule has 0 amide bonds. The topological polar surface area (TPSA) is 291 Å². The van der Waals surface area contributed by atoms with Crippen LogP contribution in [0.5, 0.6) is 17.2 Å². The smallest absolute Gasteiger partial charge is 0.468 e. The van der Waals surface area contributed by atoms with Gasteiger partial charge in [0.05, 0.1) is 25.3 Å². The molecule has 0 aromatic heterocycles. The van der Waals surface area contributed by atoms with Crippen LogP contribution in [0.2, 0.25) is 0 Å². The van der Waals surface area contributed by atoms with Crippen LogP contribution in [-0.2, 0) is 54.8 Å². The molecule has 2 aliphatic carbocycles. The average molecular weight is 1290 g/mol. The average Bonchev–Trinajstić information content (AvgIpc) is 0.762. The minimum absolute atomic E-state index is 0.0699. The van der Waals surface area contributed by atoms with Crippen molar-refractivity contribution in [1.82, 2.24) is 0 Å². The third kappa shape index (κ3) is 19.1. The highest BCUT2D eigenvalue weighted by Crippen LogP contribution is 2.44. The molecular formula is C67H63F3N2O19S. The number of hydrogen-bond donors (Lipinski definition) is 1. The van der Waals surface area contributed by atoms with Crippen molar-refractivity contribution in [2.75, 3.05) is 54.0 Å². The van der Waals surface area contributed by atoms with E-state index in [4.69, 9.17) is 62.2 Å². The van der Waals surface area contributed by atoms with Crippen molar-refractivity contribution in [3.63, 3.8) is 0 Å². The van der Waals surface area contributed by atoms with Gasteiger partial charge in [-0.2, -0.15) is 40.8 Å². The van der Waals surface area contributed by atoms with Crippen LogP contribution in [0, 0.1) is 0 Å². The van der Waals surface area contributed by atoms with Gasteiger partial charge < -0.3 is 52.1 Å². The van der Waals surface area contributed by atoms with Crippen molar-refractivity contribution in [3.05, 3.63) is 207 Å². The monoisotopic (exact) mass is 1290 g/mol. The first-order chi connectivity index (χ1) is 44.2. The zero-order valence-electron chi connectivity index (χ0n) is 51.1. The fraction of sp³-hybridized carbons (Fsp3) is 0.194. The van der Waals surface area contributed by atoms with Gasteiger partial charge in [0, 0.05) is 96.5 Å². The van der Waals surface area contributed by atoms with Crippen LogP contribution in [0.15, 0.2) is 188 Å². The molecule has 2 heterocycles. The molecule has 25 heteroatoms. The van der Waals surface area contributed by atoms with Crippen LogP contribution in [0.3, 0.4) is 0 Å². The maximum absolute atomic E-state index is 12.7. The number of fused-ring (bicyclic) bond motifs is 4. The van der Waals surface area contributed by atoms with E-state index in [0.717, 1.165) is 51.3 Å². The number of nitrogens with two attached hydrogens (primary N) is 1. The van der Waals surface area contributed by atoms with E-state index in [0.29, 0.717) is 56.8 Å². The molecule has 0 fully saturated rings. The number of nitrogens with zero attached hydrogens (tertiary/aromatic N) is 1. The van der Waals surface area contributed by atoms with Crippen molar-refractivity contribution in [1.29, 1.82) is 0 Å². The molecule has 92 heavy (non-hydrogen) atoms. The molecule has 2 N–H and O–H groups in total. The van der Waals surface area contributed by atoms with E-state index in [2.05, 4.69) is 4.18 Å². The van der Waals surface area contributed by atoms with Crippen LogP contribution in [0.1, 0.15) is 54.0 Å². The van der Waals surface area contributed by atoms with Crippen LogP contribution in [-0.4, -0.2) is 87.2 Å². The summed E-state index contributed by atoms with van der Waals surface area (Å²) in [6, 6.07) is 46.8. The fourth-order valence-corrected chi connectivity index (χ4v) is 9.05. The lowest BCUT2D eigenvalue weighted by Gasteiger charge is -2.22. The van der Waals surface area contributed by atoms with Gasteiger partial charge >= 0.3 is 39.9 Å². The lowest BCUT2D eigenvalue weighted by molar-refractivity contribution is -0.193. The molecule has 0 unspecified atom stereocenters. The van der Waals surface area contributed by atoms with Crippen molar-refractivity contribution in [3.8, 4) is 62.1 Å². The number of hydrogen-bond acceptors (Lipinski definition) is 21. The number of esters is 2. The van der Waals surface area contributed by atoms with Gasteiger partial charge in [-0.15, -0.1) is 0 Å². The number of halogens is 3. The highest BCUT2D eigenvalue weighted by atomic mass is 32.2. The molecule has 0 radical (unpaired) electrons. The van der Waals surface area contributed by atoms with E-state index in [1.54, 1.807) is 50.6 Å². The normalized spacial score (nSPS) is 10.4. The van der Waals surface area contributed by atoms with E-state index < -0.39 is 38.7 Å². The molecule has 6 aromatic rings. The summed E-state index contributed by atoms with van der Waals surface area (Å²) in [4.78, 5) is 83.5. The summed E-state index contributed by atoms with van der Waals surface area (Å²) >= 11 is 0. The maximum Gasteiger partial charge on any atom is 0.534 e. The predicted molar refractivity (Wildman–Crippen MR) is 334 cm³/mol. The van der Waals surface area contributed by atoms with Gasteiger partial charge in [-0.3, -0.25) is 9.59 Å². The zero-order valence-corrected chi connectivity index (χ0v) is 51.9.